The van der Waals surface area contributed by atoms with Crippen molar-refractivity contribution in [3.63, 3.8) is 0 Å². The van der Waals surface area contributed by atoms with Crippen molar-refractivity contribution in [1.29, 1.82) is 0 Å². The Kier molecular flexibility index (Phi) is 9.01. The molecule has 2 aromatic rings. The fourth-order valence-corrected chi connectivity index (χ4v) is 4.90. The average Bonchev–Trinajstić information content (AvgIpc) is 3.29. The Labute approximate surface area is 190 Å². The van der Waals surface area contributed by atoms with Crippen LogP contribution in [0.1, 0.15) is 55.7 Å². The second-order valence-electron chi connectivity index (χ2n) is 8.40. The van der Waals surface area contributed by atoms with Gasteiger partial charge in [0, 0.05) is 30.5 Å². The predicted molar refractivity (Wildman–Crippen MR) is 129 cm³/mol. The molecule has 0 saturated heterocycles. The van der Waals surface area contributed by atoms with E-state index in [4.69, 9.17) is 0 Å². The minimum atomic E-state index is -0.480. The van der Waals surface area contributed by atoms with Crippen molar-refractivity contribution in [2.45, 2.75) is 70.3 Å². The molecule has 31 heavy (non-hydrogen) atoms. The third-order valence-corrected chi connectivity index (χ3v) is 7.07. The number of rotatable bonds is 10. The predicted octanol–water partition coefficient (Wildman–Crippen LogP) is 5.09. The number of carbonyl (C=O) groups excluding carboxylic acids is 2. The lowest BCUT2D eigenvalue weighted by Gasteiger charge is -2.30. The molecule has 0 aromatic heterocycles. The summed E-state index contributed by atoms with van der Waals surface area (Å²) >= 11 is 1.76. The molecule has 1 aliphatic carbocycles. The molecule has 1 N–H and O–H groups in total. The van der Waals surface area contributed by atoms with Crippen LogP contribution in [0.2, 0.25) is 0 Å². The van der Waals surface area contributed by atoms with Crippen molar-refractivity contribution in [2.75, 3.05) is 5.75 Å². The molecule has 0 aliphatic heterocycles. The van der Waals surface area contributed by atoms with E-state index in [1.807, 2.05) is 43.3 Å². The van der Waals surface area contributed by atoms with Crippen LogP contribution in [0.15, 0.2) is 54.6 Å². The van der Waals surface area contributed by atoms with Gasteiger partial charge in [-0.15, -0.1) is 0 Å². The zero-order chi connectivity index (χ0) is 22.1. The number of carbonyl (C=O) groups is 2. The maximum atomic E-state index is 13.2. The molecule has 0 bridgehead atoms. The third-order valence-electron chi connectivity index (χ3n) is 6.04. The van der Waals surface area contributed by atoms with Gasteiger partial charge in [-0.2, -0.15) is 11.8 Å². The van der Waals surface area contributed by atoms with Crippen LogP contribution in [0.3, 0.4) is 0 Å². The van der Waals surface area contributed by atoms with Crippen LogP contribution in [-0.4, -0.2) is 34.6 Å². The molecule has 5 heteroatoms. The highest BCUT2D eigenvalue weighted by molar-refractivity contribution is 7.98. The number of amides is 2. The number of nitrogens with zero attached hydrogens (tertiary/aromatic N) is 1. The fraction of sp³-hybridized carbons (Fsp3) is 0.462. The lowest BCUT2D eigenvalue weighted by atomic mass is 10.1. The highest BCUT2D eigenvalue weighted by atomic mass is 32.2. The van der Waals surface area contributed by atoms with Gasteiger partial charge in [0.25, 0.3) is 0 Å². The second kappa shape index (κ2) is 11.9. The molecule has 1 fully saturated rings. The first-order chi connectivity index (χ1) is 15.0. The van der Waals surface area contributed by atoms with E-state index >= 15 is 0 Å². The van der Waals surface area contributed by atoms with E-state index in [0.717, 1.165) is 35.5 Å². The molecule has 2 amide bonds. The Hall–Kier alpha value is -2.27. The van der Waals surface area contributed by atoms with E-state index in [0.29, 0.717) is 13.0 Å². The van der Waals surface area contributed by atoms with Gasteiger partial charge in [-0.05, 0) is 43.4 Å². The first kappa shape index (κ1) is 23.4. The quantitative estimate of drug-likeness (QED) is 0.526. The van der Waals surface area contributed by atoms with Crippen molar-refractivity contribution in [3.8, 4) is 0 Å². The molecular formula is C26H34N2O2S. The largest absolute Gasteiger partial charge is 0.352 e. The third kappa shape index (κ3) is 7.13. The first-order valence-corrected chi connectivity index (χ1v) is 12.5. The maximum Gasteiger partial charge on any atom is 0.242 e. The standard InChI is InChI=1S/C26H34N2O2S/c1-20-10-6-7-13-23(20)18-28(21(2)26(30)27-24-14-8-9-15-24)25(29)16-17-31-19-22-11-4-3-5-12-22/h3-7,10-13,21,24H,8-9,14-19H2,1-2H3,(H,27,30). The Balaban J connectivity index is 1.61. The van der Waals surface area contributed by atoms with E-state index in [9.17, 15) is 9.59 Å². The van der Waals surface area contributed by atoms with Crippen molar-refractivity contribution in [2.24, 2.45) is 0 Å². The molecule has 4 nitrogen and oxygen atoms in total. The van der Waals surface area contributed by atoms with Crippen molar-refractivity contribution >= 4 is 23.6 Å². The molecular weight excluding hydrogens is 404 g/mol. The minimum absolute atomic E-state index is 0.0363. The fourth-order valence-electron chi connectivity index (χ4n) is 4.01. The number of benzene rings is 2. The van der Waals surface area contributed by atoms with Gasteiger partial charge in [-0.3, -0.25) is 9.59 Å². The highest BCUT2D eigenvalue weighted by Gasteiger charge is 2.28. The molecule has 166 valence electrons. The van der Waals surface area contributed by atoms with Crippen LogP contribution in [0, 0.1) is 6.92 Å². The van der Waals surface area contributed by atoms with Crippen molar-refractivity contribution in [3.05, 3.63) is 71.3 Å². The topological polar surface area (TPSA) is 49.4 Å². The molecule has 3 rings (SSSR count). The molecule has 1 saturated carbocycles. The van der Waals surface area contributed by atoms with Gasteiger partial charge in [-0.25, -0.2) is 0 Å². The molecule has 1 aliphatic rings. The Morgan fingerprint density at radius 2 is 1.74 bits per heavy atom. The minimum Gasteiger partial charge on any atom is -0.352 e. The van der Waals surface area contributed by atoms with E-state index in [-0.39, 0.29) is 17.9 Å². The van der Waals surface area contributed by atoms with Gasteiger partial charge in [0.1, 0.15) is 6.04 Å². The van der Waals surface area contributed by atoms with E-state index < -0.39 is 6.04 Å². The molecule has 2 aromatic carbocycles. The smallest absolute Gasteiger partial charge is 0.242 e. The van der Waals surface area contributed by atoms with Crippen LogP contribution in [0.25, 0.3) is 0 Å². The first-order valence-electron chi connectivity index (χ1n) is 11.3. The van der Waals surface area contributed by atoms with Gasteiger partial charge in [0.15, 0.2) is 0 Å². The monoisotopic (exact) mass is 438 g/mol. The number of hydrogen-bond acceptors (Lipinski definition) is 3. The average molecular weight is 439 g/mol. The van der Waals surface area contributed by atoms with Crippen molar-refractivity contribution < 1.29 is 9.59 Å². The van der Waals surface area contributed by atoms with Crippen LogP contribution in [0.4, 0.5) is 0 Å². The summed E-state index contributed by atoms with van der Waals surface area (Å²) in [6, 6.07) is 18.2. The molecule has 1 unspecified atom stereocenters. The van der Waals surface area contributed by atoms with Crippen LogP contribution in [-0.2, 0) is 21.9 Å². The summed E-state index contributed by atoms with van der Waals surface area (Å²) in [6.07, 6.45) is 4.86. The molecule has 1 atom stereocenters. The summed E-state index contributed by atoms with van der Waals surface area (Å²) in [5.41, 5.74) is 3.50. The van der Waals surface area contributed by atoms with Gasteiger partial charge >= 0.3 is 0 Å². The van der Waals surface area contributed by atoms with Crippen LogP contribution in [0.5, 0.6) is 0 Å². The Bertz CT molecular complexity index is 849. The van der Waals surface area contributed by atoms with Gasteiger partial charge in [0.05, 0.1) is 0 Å². The molecule has 0 spiro atoms. The maximum absolute atomic E-state index is 13.2. The molecule has 0 radical (unpaired) electrons. The normalized spacial score (nSPS) is 14.9. The summed E-state index contributed by atoms with van der Waals surface area (Å²) in [7, 11) is 0. The number of hydrogen-bond donors (Lipinski definition) is 1. The van der Waals surface area contributed by atoms with Gasteiger partial charge in [0.2, 0.25) is 11.8 Å². The van der Waals surface area contributed by atoms with Gasteiger partial charge in [-0.1, -0.05) is 67.4 Å². The zero-order valence-electron chi connectivity index (χ0n) is 18.7. The Morgan fingerprint density at radius 1 is 1.06 bits per heavy atom. The molecule has 0 heterocycles. The number of nitrogens with one attached hydrogen (secondary N) is 1. The number of aryl methyl sites for hydroxylation is 1. The van der Waals surface area contributed by atoms with E-state index in [1.54, 1.807) is 16.7 Å². The lowest BCUT2D eigenvalue weighted by molar-refractivity contribution is -0.140. The zero-order valence-corrected chi connectivity index (χ0v) is 19.5. The Morgan fingerprint density at radius 3 is 2.45 bits per heavy atom. The summed E-state index contributed by atoms with van der Waals surface area (Å²) in [6.45, 7) is 4.38. The lowest BCUT2D eigenvalue weighted by Crippen LogP contribution is -2.49. The van der Waals surface area contributed by atoms with Gasteiger partial charge < -0.3 is 10.2 Å². The van der Waals surface area contributed by atoms with Crippen LogP contribution >= 0.6 is 11.8 Å². The summed E-state index contributed by atoms with van der Waals surface area (Å²) < 4.78 is 0. The number of thioether (sulfide) groups is 1. The van der Waals surface area contributed by atoms with E-state index in [1.165, 1.54) is 18.4 Å². The SMILES string of the molecule is Cc1ccccc1CN(C(=O)CCSCc1ccccc1)C(C)C(=O)NC1CCCC1. The summed E-state index contributed by atoms with van der Waals surface area (Å²) in [4.78, 5) is 27.9. The van der Waals surface area contributed by atoms with Crippen molar-refractivity contribution in [1.82, 2.24) is 10.2 Å². The highest BCUT2D eigenvalue weighted by Crippen LogP contribution is 2.20. The van der Waals surface area contributed by atoms with Crippen LogP contribution < -0.4 is 5.32 Å². The summed E-state index contributed by atoms with van der Waals surface area (Å²) in [5.74, 6) is 1.64. The van der Waals surface area contributed by atoms with E-state index in [2.05, 4.69) is 30.4 Å². The second-order valence-corrected chi connectivity index (χ2v) is 9.51. The summed E-state index contributed by atoms with van der Waals surface area (Å²) in [5, 5.41) is 3.17.